The molecule has 1 N–H and O–H groups in total. The molecule has 3 aromatic heterocycles. The van der Waals surface area contributed by atoms with E-state index in [1.165, 1.54) is 0 Å². The molecule has 0 aliphatic heterocycles. The van der Waals surface area contributed by atoms with Crippen LogP contribution in [0, 0.1) is 0 Å². The van der Waals surface area contributed by atoms with Gasteiger partial charge in [0, 0.05) is 23.2 Å². The van der Waals surface area contributed by atoms with E-state index in [1.54, 1.807) is 23.7 Å². The third kappa shape index (κ3) is 3.16. The Morgan fingerprint density at radius 1 is 1.10 bits per heavy atom. The molecule has 0 radical (unpaired) electrons. The summed E-state index contributed by atoms with van der Waals surface area (Å²) in [6.07, 6.45) is 3.32. The Morgan fingerprint density at radius 3 is 2.67 bits per heavy atom. The summed E-state index contributed by atoms with van der Waals surface area (Å²) in [6.45, 7) is 7.17. The maximum absolute atomic E-state index is 4.66. The van der Waals surface area contributed by atoms with Gasteiger partial charge in [0.2, 0.25) is 0 Å². The number of nitrogens with zero attached hydrogens (tertiary/aromatic N) is 4. The quantitative estimate of drug-likeness (QED) is 0.803. The van der Waals surface area contributed by atoms with Crippen LogP contribution in [-0.2, 0) is 12.0 Å². The summed E-state index contributed by atoms with van der Waals surface area (Å²) in [5.74, 6) is 0.788. The van der Waals surface area contributed by atoms with Crippen LogP contribution in [0.4, 0.5) is 5.82 Å². The summed E-state index contributed by atoms with van der Waals surface area (Å²) in [6, 6.07) is 3.83. The number of hydrogen-bond donors (Lipinski definition) is 1. The minimum atomic E-state index is 0.0888. The van der Waals surface area contributed by atoms with Gasteiger partial charge in [0.1, 0.15) is 16.3 Å². The van der Waals surface area contributed by atoms with Gasteiger partial charge in [-0.2, -0.15) is 0 Å². The van der Waals surface area contributed by atoms with Crippen molar-refractivity contribution in [3.05, 3.63) is 40.6 Å². The second-order valence-corrected chi connectivity index (χ2v) is 6.77. The van der Waals surface area contributed by atoms with Gasteiger partial charge < -0.3 is 5.32 Å². The Hall–Kier alpha value is -2.08. The predicted molar refractivity (Wildman–Crippen MR) is 85.5 cm³/mol. The molecule has 5 nitrogen and oxygen atoms in total. The monoisotopic (exact) mass is 299 g/mol. The molecule has 3 rings (SSSR count). The first-order valence-corrected chi connectivity index (χ1v) is 7.67. The minimum Gasteiger partial charge on any atom is -0.363 e. The van der Waals surface area contributed by atoms with Gasteiger partial charge >= 0.3 is 0 Å². The van der Waals surface area contributed by atoms with E-state index in [2.05, 4.69) is 51.4 Å². The summed E-state index contributed by atoms with van der Waals surface area (Å²) in [5, 5.41) is 6.46. The maximum atomic E-state index is 4.66. The summed E-state index contributed by atoms with van der Waals surface area (Å²) in [7, 11) is 0. The fraction of sp³-hybridized carbons (Fsp3) is 0.333. The second kappa shape index (κ2) is 5.37. The van der Waals surface area contributed by atoms with Crippen LogP contribution in [0.1, 0.15) is 31.5 Å². The summed E-state index contributed by atoms with van der Waals surface area (Å²) in [5.41, 5.74) is 2.66. The molecule has 3 aromatic rings. The van der Waals surface area contributed by atoms with Gasteiger partial charge in [-0.25, -0.2) is 15.0 Å². The van der Waals surface area contributed by atoms with Gasteiger partial charge in [-0.15, -0.1) is 11.3 Å². The lowest BCUT2D eigenvalue weighted by Crippen LogP contribution is -2.12. The van der Waals surface area contributed by atoms with E-state index < -0.39 is 0 Å². The molecule has 0 atom stereocenters. The normalized spacial score (nSPS) is 11.8. The largest absolute Gasteiger partial charge is 0.363 e. The van der Waals surface area contributed by atoms with Crippen LogP contribution in [0.2, 0.25) is 0 Å². The number of fused-ring (bicyclic) bond motifs is 1. The lowest BCUT2D eigenvalue weighted by atomic mass is 9.93. The lowest BCUT2D eigenvalue weighted by Gasteiger charge is -2.14. The van der Waals surface area contributed by atoms with Crippen LogP contribution in [0.15, 0.2) is 29.9 Å². The number of aromatic nitrogens is 4. The van der Waals surface area contributed by atoms with Crippen LogP contribution in [0.3, 0.4) is 0 Å². The van der Waals surface area contributed by atoms with Gasteiger partial charge in [0.15, 0.2) is 5.65 Å². The van der Waals surface area contributed by atoms with E-state index in [-0.39, 0.29) is 5.41 Å². The average Bonchev–Trinajstić information content (AvgIpc) is 2.94. The van der Waals surface area contributed by atoms with Crippen molar-refractivity contribution >= 4 is 28.3 Å². The molecule has 0 spiro atoms. The Balaban J connectivity index is 1.73. The predicted octanol–water partition coefficient (Wildman–Crippen LogP) is 3.39. The van der Waals surface area contributed by atoms with Crippen molar-refractivity contribution < 1.29 is 0 Å². The lowest BCUT2D eigenvalue weighted by molar-refractivity contribution is 0.571. The first kappa shape index (κ1) is 13.9. The van der Waals surface area contributed by atoms with Crippen molar-refractivity contribution in [3.63, 3.8) is 0 Å². The zero-order valence-electron chi connectivity index (χ0n) is 12.3. The molecule has 0 aliphatic rings. The highest BCUT2D eigenvalue weighted by atomic mass is 32.1. The first-order chi connectivity index (χ1) is 10.0. The summed E-state index contributed by atoms with van der Waals surface area (Å²) in [4.78, 5) is 17.5. The molecule has 0 aliphatic carbocycles. The number of hydrogen-bond acceptors (Lipinski definition) is 6. The van der Waals surface area contributed by atoms with E-state index >= 15 is 0 Å². The maximum Gasteiger partial charge on any atom is 0.180 e. The Kier molecular flexibility index (Phi) is 3.55. The standard InChI is InChI=1S/C15H17N5S/c1-15(2,3)11-9-21-13(19-11)8-18-12-5-4-10-14(20-12)17-7-6-16-10/h4-7,9H,8H2,1-3H3,(H,17,18,20). The second-order valence-electron chi connectivity index (χ2n) is 5.83. The third-order valence-electron chi connectivity index (χ3n) is 3.07. The molecular weight excluding hydrogens is 282 g/mol. The van der Waals surface area contributed by atoms with Crippen LogP contribution in [0.25, 0.3) is 11.2 Å². The fourth-order valence-corrected chi connectivity index (χ4v) is 2.82. The Bertz CT molecular complexity index is 760. The van der Waals surface area contributed by atoms with E-state index in [0.717, 1.165) is 22.0 Å². The van der Waals surface area contributed by atoms with Gasteiger partial charge in [-0.05, 0) is 12.1 Å². The van der Waals surface area contributed by atoms with E-state index in [9.17, 15) is 0 Å². The van der Waals surface area contributed by atoms with Crippen LogP contribution in [-0.4, -0.2) is 19.9 Å². The molecule has 0 amide bonds. The van der Waals surface area contributed by atoms with Crippen LogP contribution in [0.5, 0.6) is 0 Å². The van der Waals surface area contributed by atoms with Gasteiger partial charge in [0.05, 0.1) is 12.2 Å². The SMILES string of the molecule is CC(C)(C)c1csc(CNc2ccc3nccnc3n2)n1. The van der Waals surface area contributed by atoms with Crippen molar-refractivity contribution in [2.45, 2.75) is 32.7 Å². The highest BCUT2D eigenvalue weighted by Gasteiger charge is 2.17. The molecule has 0 fully saturated rings. The highest BCUT2D eigenvalue weighted by Crippen LogP contribution is 2.24. The third-order valence-corrected chi connectivity index (χ3v) is 3.92. The molecule has 0 saturated heterocycles. The van der Waals surface area contributed by atoms with Gasteiger partial charge in [-0.3, -0.25) is 4.98 Å². The van der Waals surface area contributed by atoms with E-state index in [1.807, 2.05) is 12.1 Å². The summed E-state index contributed by atoms with van der Waals surface area (Å²) >= 11 is 1.67. The Labute approximate surface area is 127 Å². The summed E-state index contributed by atoms with van der Waals surface area (Å²) < 4.78 is 0. The number of nitrogens with one attached hydrogen (secondary N) is 1. The van der Waals surface area contributed by atoms with Gasteiger partial charge in [-0.1, -0.05) is 20.8 Å². The molecule has 21 heavy (non-hydrogen) atoms. The molecular formula is C15H17N5S. The van der Waals surface area contributed by atoms with Crippen molar-refractivity contribution in [2.75, 3.05) is 5.32 Å². The van der Waals surface area contributed by atoms with E-state index in [0.29, 0.717) is 12.2 Å². The van der Waals surface area contributed by atoms with Crippen molar-refractivity contribution in [1.29, 1.82) is 0 Å². The minimum absolute atomic E-state index is 0.0888. The topological polar surface area (TPSA) is 63.6 Å². The molecule has 0 saturated carbocycles. The van der Waals surface area contributed by atoms with Crippen molar-refractivity contribution in [3.8, 4) is 0 Å². The zero-order chi connectivity index (χ0) is 14.9. The number of pyridine rings is 1. The fourth-order valence-electron chi connectivity index (χ4n) is 1.86. The average molecular weight is 299 g/mol. The van der Waals surface area contributed by atoms with Crippen molar-refractivity contribution in [2.24, 2.45) is 0 Å². The van der Waals surface area contributed by atoms with Crippen LogP contribution < -0.4 is 5.32 Å². The smallest absolute Gasteiger partial charge is 0.180 e. The number of rotatable bonds is 3. The molecule has 108 valence electrons. The molecule has 6 heteroatoms. The van der Waals surface area contributed by atoms with Gasteiger partial charge in [0.25, 0.3) is 0 Å². The molecule has 3 heterocycles. The number of thiazole rings is 1. The Morgan fingerprint density at radius 2 is 1.90 bits per heavy atom. The zero-order valence-corrected chi connectivity index (χ0v) is 13.1. The van der Waals surface area contributed by atoms with Crippen molar-refractivity contribution in [1.82, 2.24) is 19.9 Å². The highest BCUT2D eigenvalue weighted by molar-refractivity contribution is 7.09. The molecule has 0 unspecified atom stereocenters. The van der Waals surface area contributed by atoms with E-state index in [4.69, 9.17) is 0 Å². The number of anilines is 1. The van der Waals surface area contributed by atoms with Crippen LogP contribution >= 0.6 is 11.3 Å². The first-order valence-electron chi connectivity index (χ1n) is 6.79. The molecule has 0 bridgehead atoms. The molecule has 0 aromatic carbocycles.